The molecule has 2 atom stereocenters. The second-order valence-electron chi connectivity index (χ2n) is 7.64. The van der Waals surface area contributed by atoms with Crippen molar-refractivity contribution in [3.8, 4) is 5.75 Å². The Bertz CT molecular complexity index is 664. The molecule has 2 unspecified atom stereocenters. The Morgan fingerprint density at radius 2 is 1.63 bits per heavy atom. The number of rotatable bonds is 7. The highest BCUT2D eigenvalue weighted by Gasteiger charge is 2.30. The van der Waals surface area contributed by atoms with E-state index in [0.29, 0.717) is 5.56 Å². The fraction of sp³-hybridized carbons (Fsp3) is 0.526. The molecule has 0 radical (unpaired) electrons. The van der Waals surface area contributed by atoms with Gasteiger partial charge in [-0.15, -0.1) is 0 Å². The third-order valence-electron chi connectivity index (χ3n) is 3.61. The molecule has 0 aliphatic rings. The largest absolute Gasteiger partial charge is 0.508 e. The molecular formula is C19H28N2O6. The second kappa shape index (κ2) is 9.25. The first kappa shape index (κ1) is 22.3. The summed E-state index contributed by atoms with van der Waals surface area (Å²) in [5, 5.41) is 23.7. The Morgan fingerprint density at radius 3 is 2.07 bits per heavy atom. The molecule has 8 heteroatoms. The minimum Gasteiger partial charge on any atom is -0.508 e. The molecule has 2 amide bonds. The lowest BCUT2D eigenvalue weighted by Gasteiger charge is -2.26. The number of benzene rings is 1. The van der Waals surface area contributed by atoms with Crippen LogP contribution in [-0.2, 0) is 20.7 Å². The van der Waals surface area contributed by atoms with Gasteiger partial charge in [0.25, 0.3) is 0 Å². The van der Waals surface area contributed by atoms with Crippen LogP contribution >= 0.6 is 0 Å². The monoisotopic (exact) mass is 380 g/mol. The van der Waals surface area contributed by atoms with Crippen LogP contribution in [0.3, 0.4) is 0 Å². The highest BCUT2D eigenvalue weighted by molar-refractivity contribution is 5.89. The molecule has 0 aliphatic carbocycles. The standard InChI is InChI=1S/C19H28N2O6/c1-11(2)15(21-18(26)27-19(3,4)5)16(23)20-14(17(24)25)10-12-6-8-13(22)9-7-12/h6-9,11,14-15,22H,10H2,1-5H3,(H,20,23)(H,21,26)(H,24,25). The van der Waals surface area contributed by atoms with Crippen molar-refractivity contribution in [1.82, 2.24) is 10.6 Å². The van der Waals surface area contributed by atoms with Gasteiger partial charge in [0.05, 0.1) is 0 Å². The smallest absolute Gasteiger partial charge is 0.408 e. The van der Waals surface area contributed by atoms with E-state index in [-0.39, 0.29) is 18.1 Å². The zero-order chi connectivity index (χ0) is 20.8. The molecule has 0 spiro atoms. The Balaban J connectivity index is 2.82. The molecule has 8 nitrogen and oxygen atoms in total. The van der Waals surface area contributed by atoms with Crippen LogP contribution in [0, 0.1) is 5.92 Å². The van der Waals surface area contributed by atoms with Crippen LogP contribution in [0.5, 0.6) is 5.75 Å². The van der Waals surface area contributed by atoms with E-state index in [1.54, 1.807) is 46.8 Å². The first-order valence-corrected chi connectivity index (χ1v) is 8.69. The number of phenolic OH excluding ortho intramolecular Hbond substituents is 1. The van der Waals surface area contributed by atoms with Gasteiger partial charge >= 0.3 is 12.1 Å². The van der Waals surface area contributed by atoms with Gasteiger partial charge in [-0.25, -0.2) is 9.59 Å². The predicted octanol–water partition coefficient (Wildman–Crippen LogP) is 2.05. The molecule has 0 saturated heterocycles. The summed E-state index contributed by atoms with van der Waals surface area (Å²) in [5.41, 5.74) is -0.0772. The number of carbonyl (C=O) groups is 3. The molecule has 0 aliphatic heterocycles. The van der Waals surface area contributed by atoms with E-state index in [1.165, 1.54) is 12.1 Å². The molecule has 0 saturated carbocycles. The number of phenols is 1. The average Bonchev–Trinajstić information content (AvgIpc) is 2.51. The van der Waals surface area contributed by atoms with E-state index in [2.05, 4.69) is 10.6 Å². The molecule has 1 rings (SSSR count). The maximum atomic E-state index is 12.6. The Kier molecular flexibility index (Phi) is 7.63. The molecule has 1 aromatic carbocycles. The number of amides is 2. The lowest BCUT2D eigenvalue weighted by atomic mass is 10.0. The molecule has 150 valence electrons. The van der Waals surface area contributed by atoms with E-state index < -0.39 is 35.7 Å². The molecule has 0 aromatic heterocycles. The topological polar surface area (TPSA) is 125 Å². The van der Waals surface area contributed by atoms with Crippen LogP contribution in [0.15, 0.2) is 24.3 Å². The lowest BCUT2D eigenvalue weighted by Crippen LogP contribution is -2.54. The van der Waals surface area contributed by atoms with Crippen molar-refractivity contribution in [3.63, 3.8) is 0 Å². The number of alkyl carbamates (subject to hydrolysis) is 1. The number of hydrogen-bond donors (Lipinski definition) is 4. The third kappa shape index (κ3) is 7.98. The van der Waals surface area contributed by atoms with Gasteiger partial charge in [0, 0.05) is 6.42 Å². The summed E-state index contributed by atoms with van der Waals surface area (Å²) >= 11 is 0. The van der Waals surface area contributed by atoms with E-state index in [0.717, 1.165) is 0 Å². The predicted molar refractivity (Wildman–Crippen MR) is 99.4 cm³/mol. The van der Waals surface area contributed by atoms with Crippen LogP contribution in [0.1, 0.15) is 40.2 Å². The second-order valence-corrected chi connectivity index (χ2v) is 7.64. The molecule has 0 bridgehead atoms. The summed E-state index contributed by atoms with van der Waals surface area (Å²) in [7, 11) is 0. The van der Waals surface area contributed by atoms with Crippen LogP contribution in [-0.4, -0.2) is 45.9 Å². The normalized spacial score (nSPS) is 13.6. The summed E-state index contributed by atoms with van der Waals surface area (Å²) in [4.78, 5) is 36.1. The lowest BCUT2D eigenvalue weighted by molar-refractivity contribution is -0.142. The quantitative estimate of drug-likeness (QED) is 0.574. The van der Waals surface area contributed by atoms with E-state index in [9.17, 15) is 24.6 Å². The van der Waals surface area contributed by atoms with Gasteiger partial charge < -0.3 is 25.6 Å². The van der Waals surface area contributed by atoms with Crippen LogP contribution < -0.4 is 10.6 Å². The zero-order valence-electron chi connectivity index (χ0n) is 16.3. The van der Waals surface area contributed by atoms with Crippen LogP contribution in [0.2, 0.25) is 0 Å². The number of aromatic hydroxyl groups is 1. The van der Waals surface area contributed by atoms with Gasteiger partial charge in [-0.3, -0.25) is 4.79 Å². The third-order valence-corrected chi connectivity index (χ3v) is 3.61. The zero-order valence-corrected chi connectivity index (χ0v) is 16.3. The number of ether oxygens (including phenoxy) is 1. The number of hydrogen-bond acceptors (Lipinski definition) is 5. The highest BCUT2D eigenvalue weighted by atomic mass is 16.6. The molecule has 0 heterocycles. The fourth-order valence-corrected chi connectivity index (χ4v) is 2.30. The van der Waals surface area contributed by atoms with Crippen molar-refractivity contribution in [2.75, 3.05) is 0 Å². The van der Waals surface area contributed by atoms with E-state index >= 15 is 0 Å². The SMILES string of the molecule is CC(C)C(NC(=O)OC(C)(C)C)C(=O)NC(Cc1ccc(O)cc1)C(=O)O. The van der Waals surface area contributed by atoms with Gasteiger partial charge in [0.2, 0.25) is 5.91 Å². The van der Waals surface area contributed by atoms with E-state index in [4.69, 9.17) is 4.74 Å². The Morgan fingerprint density at radius 1 is 1.07 bits per heavy atom. The van der Waals surface area contributed by atoms with Gasteiger partial charge in [-0.2, -0.15) is 0 Å². The molecule has 1 aromatic rings. The first-order chi connectivity index (χ1) is 12.4. The van der Waals surface area contributed by atoms with Crippen molar-refractivity contribution in [2.45, 2.75) is 58.7 Å². The number of carboxylic acid groups (broad SMARTS) is 1. The summed E-state index contributed by atoms with van der Waals surface area (Å²) in [5.74, 6) is -2.02. The molecule has 0 fully saturated rings. The molecule has 4 N–H and O–H groups in total. The minimum atomic E-state index is -1.20. The van der Waals surface area contributed by atoms with Gasteiger partial charge in [0.15, 0.2) is 0 Å². The van der Waals surface area contributed by atoms with Gasteiger partial charge in [0.1, 0.15) is 23.4 Å². The summed E-state index contributed by atoms with van der Waals surface area (Å²) in [6, 6.07) is 3.92. The molecule has 27 heavy (non-hydrogen) atoms. The summed E-state index contributed by atoms with van der Waals surface area (Å²) in [6.07, 6.45) is -0.708. The average molecular weight is 380 g/mol. The number of carboxylic acids is 1. The maximum Gasteiger partial charge on any atom is 0.408 e. The molecular weight excluding hydrogens is 352 g/mol. The number of aliphatic carboxylic acids is 1. The van der Waals surface area contributed by atoms with E-state index in [1.807, 2.05) is 0 Å². The van der Waals surface area contributed by atoms with Crippen molar-refractivity contribution in [2.24, 2.45) is 5.92 Å². The maximum absolute atomic E-state index is 12.6. The Hall–Kier alpha value is -2.77. The highest BCUT2D eigenvalue weighted by Crippen LogP contribution is 2.13. The Labute approximate surface area is 158 Å². The van der Waals surface area contributed by atoms with Gasteiger partial charge in [-0.05, 0) is 44.4 Å². The van der Waals surface area contributed by atoms with Gasteiger partial charge in [-0.1, -0.05) is 26.0 Å². The summed E-state index contributed by atoms with van der Waals surface area (Å²) < 4.78 is 5.16. The summed E-state index contributed by atoms with van der Waals surface area (Å²) in [6.45, 7) is 8.58. The number of carbonyl (C=O) groups excluding carboxylic acids is 2. The fourth-order valence-electron chi connectivity index (χ4n) is 2.30. The first-order valence-electron chi connectivity index (χ1n) is 8.69. The van der Waals surface area contributed by atoms with Crippen LogP contribution in [0.25, 0.3) is 0 Å². The van der Waals surface area contributed by atoms with Crippen LogP contribution in [0.4, 0.5) is 4.79 Å². The van der Waals surface area contributed by atoms with Crippen molar-refractivity contribution < 1.29 is 29.3 Å². The van der Waals surface area contributed by atoms with Crippen molar-refractivity contribution in [3.05, 3.63) is 29.8 Å². The van der Waals surface area contributed by atoms with Crippen molar-refractivity contribution in [1.29, 1.82) is 0 Å². The minimum absolute atomic E-state index is 0.0403. The van der Waals surface area contributed by atoms with Crippen molar-refractivity contribution >= 4 is 18.0 Å². The number of nitrogens with one attached hydrogen (secondary N) is 2.